The van der Waals surface area contributed by atoms with E-state index in [0.29, 0.717) is 11.3 Å². The summed E-state index contributed by atoms with van der Waals surface area (Å²) in [7, 11) is 0. The number of carbonyl (C=O) groups excluding carboxylic acids is 1. The topological polar surface area (TPSA) is 30.0 Å². The van der Waals surface area contributed by atoms with Crippen molar-refractivity contribution in [2.45, 2.75) is 13.3 Å². The quantitative estimate of drug-likeness (QED) is 0.786. The monoisotopic (exact) mass is 253 g/mol. The van der Waals surface area contributed by atoms with E-state index in [1.165, 1.54) is 11.3 Å². The molecule has 2 aromatic rings. The minimum absolute atomic E-state index is 0.0438. The molecule has 0 spiro atoms. The zero-order valence-electron chi connectivity index (χ0n) is 9.04. The number of benzene rings is 1. The summed E-state index contributed by atoms with van der Waals surface area (Å²) in [6, 6.07) is 3.08. The minimum atomic E-state index is -0.678. The van der Waals surface area contributed by atoms with Crippen molar-refractivity contribution in [3.05, 3.63) is 51.5 Å². The predicted molar refractivity (Wildman–Crippen MR) is 61.2 cm³/mol. The van der Waals surface area contributed by atoms with E-state index in [2.05, 4.69) is 4.98 Å². The highest BCUT2D eigenvalue weighted by Gasteiger charge is 2.11. The third-order valence-electron chi connectivity index (χ3n) is 2.19. The maximum atomic E-state index is 12.9. The van der Waals surface area contributed by atoms with Gasteiger partial charge in [-0.1, -0.05) is 0 Å². The summed E-state index contributed by atoms with van der Waals surface area (Å²) in [4.78, 5) is 15.8. The molecule has 5 heteroatoms. The number of hydrogen-bond acceptors (Lipinski definition) is 3. The van der Waals surface area contributed by atoms with Crippen LogP contribution in [0.3, 0.4) is 0 Å². The van der Waals surface area contributed by atoms with Crippen LogP contribution in [0.1, 0.15) is 21.1 Å². The van der Waals surface area contributed by atoms with E-state index >= 15 is 0 Å². The third-order valence-corrected chi connectivity index (χ3v) is 2.97. The number of carbonyl (C=O) groups is 1. The highest BCUT2D eigenvalue weighted by atomic mass is 32.1. The molecule has 0 atom stereocenters. The lowest BCUT2D eigenvalue weighted by atomic mass is 10.1. The van der Waals surface area contributed by atoms with Gasteiger partial charge in [-0.25, -0.2) is 13.8 Å². The Bertz CT molecular complexity index is 545. The van der Waals surface area contributed by atoms with Gasteiger partial charge >= 0.3 is 0 Å². The van der Waals surface area contributed by atoms with E-state index in [1.807, 2.05) is 0 Å². The molecule has 0 saturated carbocycles. The Morgan fingerprint density at radius 2 is 1.94 bits per heavy atom. The SMILES string of the molecule is Cc1nc(C(=O)Cc2cc(F)cc(F)c2)cs1. The molecule has 1 aromatic carbocycles. The van der Waals surface area contributed by atoms with E-state index in [1.54, 1.807) is 12.3 Å². The number of thiazole rings is 1. The second-order valence-corrected chi connectivity index (χ2v) is 4.69. The summed E-state index contributed by atoms with van der Waals surface area (Å²) in [5, 5.41) is 2.44. The normalized spacial score (nSPS) is 10.5. The molecule has 0 unspecified atom stereocenters. The van der Waals surface area contributed by atoms with E-state index < -0.39 is 11.6 Å². The molecular weight excluding hydrogens is 244 g/mol. The predicted octanol–water partition coefficient (Wildman–Crippen LogP) is 3.16. The van der Waals surface area contributed by atoms with Gasteiger partial charge in [0.1, 0.15) is 17.3 Å². The first-order chi connectivity index (χ1) is 8.04. The van der Waals surface area contributed by atoms with Crippen molar-refractivity contribution < 1.29 is 13.6 Å². The number of nitrogens with zero attached hydrogens (tertiary/aromatic N) is 1. The van der Waals surface area contributed by atoms with Crippen molar-refractivity contribution >= 4 is 17.1 Å². The van der Waals surface area contributed by atoms with Gasteiger partial charge in [-0.15, -0.1) is 11.3 Å². The molecule has 0 aliphatic carbocycles. The maximum absolute atomic E-state index is 12.9. The van der Waals surface area contributed by atoms with Crippen LogP contribution in [0.2, 0.25) is 0 Å². The van der Waals surface area contributed by atoms with Gasteiger partial charge in [0.2, 0.25) is 0 Å². The number of rotatable bonds is 3. The van der Waals surface area contributed by atoms with Crippen LogP contribution >= 0.6 is 11.3 Å². The summed E-state index contributed by atoms with van der Waals surface area (Å²) >= 11 is 1.37. The standard InChI is InChI=1S/C12H9F2NOS/c1-7-15-11(6-17-7)12(16)4-8-2-9(13)5-10(14)3-8/h2-3,5-6H,4H2,1H3. The Hall–Kier alpha value is -1.62. The lowest BCUT2D eigenvalue weighted by Crippen LogP contribution is -2.04. The van der Waals surface area contributed by atoms with Crippen LogP contribution in [0, 0.1) is 18.6 Å². The number of Topliss-reactive ketones (excluding diaryl/α,β-unsaturated/α-hetero) is 1. The molecule has 2 rings (SSSR count). The molecule has 2 nitrogen and oxygen atoms in total. The second kappa shape index (κ2) is 4.71. The molecule has 0 aliphatic heterocycles. The smallest absolute Gasteiger partial charge is 0.186 e. The van der Waals surface area contributed by atoms with Crippen LogP contribution in [0.5, 0.6) is 0 Å². The molecule has 0 radical (unpaired) electrons. The molecule has 0 N–H and O–H groups in total. The van der Waals surface area contributed by atoms with E-state index in [0.717, 1.165) is 23.2 Å². The zero-order chi connectivity index (χ0) is 12.4. The summed E-state index contributed by atoms with van der Waals surface area (Å²) in [5.74, 6) is -1.59. The summed E-state index contributed by atoms with van der Waals surface area (Å²) in [5.41, 5.74) is 0.662. The van der Waals surface area contributed by atoms with Gasteiger partial charge in [0.25, 0.3) is 0 Å². The van der Waals surface area contributed by atoms with Gasteiger partial charge in [-0.05, 0) is 24.6 Å². The van der Waals surface area contributed by atoms with Crippen molar-refractivity contribution in [3.63, 3.8) is 0 Å². The number of hydrogen-bond donors (Lipinski definition) is 0. The number of aryl methyl sites for hydroxylation is 1. The molecule has 0 fully saturated rings. The van der Waals surface area contributed by atoms with Crippen molar-refractivity contribution in [2.24, 2.45) is 0 Å². The van der Waals surface area contributed by atoms with Crippen LogP contribution < -0.4 is 0 Å². The van der Waals surface area contributed by atoms with Gasteiger partial charge in [0.05, 0.1) is 5.01 Å². The van der Waals surface area contributed by atoms with E-state index in [4.69, 9.17) is 0 Å². The minimum Gasteiger partial charge on any atom is -0.292 e. The summed E-state index contributed by atoms with van der Waals surface area (Å²) in [6.07, 6.45) is -0.0438. The van der Waals surface area contributed by atoms with Crippen molar-refractivity contribution in [3.8, 4) is 0 Å². The van der Waals surface area contributed by atoms with Gasteiger partial charge in [0, 0.05) is 17.9 Å². The maximum Gasteiger partial charge on any atom is 0.186 e. The first-order valence-corrected chi connectivity index (χ1v) is 5.83. The first-order valence-electron chi connectivity index (χ1n) is 4.95. The van der Waals surface area contributed by atoms with Crippen molar-refractivity contribution in [1.82, 2.24) is 4.98 Å². The average Bonchev–Trinajstić information content (AvgIpc) is 2.63. The molecular formula is C12H9F2NOS. The highest BCUT2D eigenvalue weighted by molar-refractivity contribution is 7.09. The molecule has 0 bridgehead atoms. The fraction of sp³-hybridized carbons (Fsp3) is 0.167. The van der Waals surface area contributed by atoms with Gasteiger partial charge in [0.15, 0.2) is 5.78 Å². The number of ketones is 1. The highest BCUT2D eigenvalue weighted by Crippen LogP contribution is 2.13. The Balaban J connectivity index is 2.18. The molecule has 1 aromatic heterocycles. The molecule has 17 heavy (non-hydrogen) atoms. The van der Waals surface area contributed by atoms with Crippen molar-refractivity contribution in [1.29, 1.82) is 0 Å². The summed E-state index contributed by atoms with van der Waals surface area (Å²) < 4.78 is 25.8. The molecule has 0 saturated heterocycles. The fourth-order valence-corrected chi connectivity index (χ4v) is 2.10. The van der Waals surface area contributed by atoms with Gasteiger partial charge in [-0.3, -0.25) is 4.79 Å². The Labute approximate surface area is 101 Å². The second-order valence-electron chi connectivity index (χ2n) is 3.63. The Morgan fingerprint density at radius 3 is 2.47 bits per heavy atom. The summed E-state index contributed by atoms with van der Waals surface area (Å²) in [6.45, 7) is 1.79. The fourth-order valence-electron chi connectivity index (χ4n) is 1.48. The molecule has 0 amide bonds. The Kier molecular flexibility index (Phi) is 3.28. The van der Waals surface area contributed by atoms with Gasteiger partial charge in [-0.2, -0.15) is 0 Å². The molecule has 88 valence electrons. The van der Waals surface area contributed by atoms with Crippen LogP contribution in [0.25, 0.3) is 0 Å². The van der Waals surface area contributed by atoms with Crippen LogP contribution in [-0.4, -0.2) is 10.8 Å². The van der Waals surface area contributed by atoms with Crippen LogP contribution in [0.15, 0.2) is 23.6 Å². The van der Waals surface area contributed by atoms with E-state index in [9.17, 15) is 13.6 Å². The Morgan fingerprint density at radius 1 is 1.29 bits per heavy atom. The van der Waals surface area contributed by atoms with Crippen LogP contribution in [-0.2, 0) is 6.42 Å². The average molecular weight is 253 g/mol. The van der Waals surface area contributed by atoms with Crippen molar-refractivity contribution in [2.75, 3.05) is 0 Å². The first kappa shape index (κ1) is 11.9. The molecule has 0 aliphatic rings. The lowest BCUT2D eigenvalue weighted by molar-refractivity contribution is 0.0988. The van der Waals surface area contributed by atoms with Crippen LogP contribution in [0.4, 0.5) is 8.78 Å². The lowest BCUT2D eigenvalue weighted by Gasteiger charge is -2.00. The zero-order valence-corrected chi connectivity index (χ0v) is 9.85. The largest absolute Gasteiger partial charge is 0.292 e. The molecule has 1 heterocycles. The van der Waals surface area contributed by atoms with E-state index in [-0.39, 0.29) is 12.2 Å². The van der Waals surface area contributed by atoms with Gasteiger partial charge < -0.3 is 0 Å². The number of halogens is 2. The third kappa shape index (κ3) is 2.94. The number of aromatic nitrogens is 1.